The Morgan fingerprint density at radius 2 is 1.69 bits per heavy atom. The fraction of sp³-hybridized carbons (Fsp3) is 1.00. The van der Waals surface area contributed by atoms with Crippen LogP contribution < -0.4 is 5.73 Å². The molecule has 0 radical (unpaired) electrons. The van der Waals surface area contributed by atoms with Crippen molar-refractivity contribution in [3.8, 4) is 0 Å². The largest absolute Gasteiger partial charge is 0.328 e. The highest BCUT2D eigenvalue weighted by atomic mass is 15.2. The smallest absolute Gasteiger partial charge is 0.0126 e. The van der Waals surface area contributed by atoms with E-state index in [2.05, 4.69) is 4.90 Å². The number of nitrogens with two attached hydrogens (primary N) is 1. The van der Waals surface area contributed by atoms with Crippen LogP contribution in [0.1, 0.15) is 57.8 Å². The zero-order valence-corrected chi connectivity index (χ0v) is 10.4. The topological polar surface area (TPSA) is 29.3 Å². The summed E-state index contributed by atoms with van der Waals surface area (Å²) in [6.07, 6.45) is 12.7. The Balaban J connectivity index is 1.67. The Morgan fingerprint density at radius 3 is 2.56 bits per heavy atom. The zero-order valence-electron chi connectivity index (χ0n) is 10.4. The van der Waals surface area contributed by atoms with Crippen molar-refractivity contribution in [1.82, 2.24) is 4.90 Å². The number of nitrogens with zero attached hydrogens (tertiary/aromatic N) is 1. The standard InChI is InChI=1S/C14H26N2/c15-12-6-2-7-13(10-12)16-9-3-5-11-4-1-8-14(11)16/h11-14H,1-10,15H2. The van der Waals surface area contributed by atoms with E-state index < -0.39 is 0 Å². The predicted octanol–water partition coefficient (Wildman–Crippen LogP) is 2.52. The summed E-state index contributed by atoms with van der Waals surface area (Å²) in [6, 6.07) is 2.25. The number of piperidine rings is 1. The Kier molecular flexibility index (Phi) is 3.21. The van der Waals surface area contributed by atoms with Gasteiger partial charge in [-0.15, -0.1) is 0 Å². The first-order chi connectivity index (χ1) is 7.84. The van der Waals surface area contributed by atoms with Crippen molar-refractivity contribution in [3.05, 3.63) is 0 Å². The Bertz CT molecular complexity index is 241. The average Bonchev–Trinajstić information content (AvgIpc) is 2.76. The summed E-state index contributed by atoms with van der Waals surface area (Å²) >= 11 is 0. The molecule has 4 unspecified atom stereocenters. The molecule has 2 heteroatoms. The molecule has 92 valence electrons. The lowest BCUT2D eigenvalue weighted by Gasteiger charge is -2.45. The van der Waals surface area contributed by atoms with Crippen molar-refractivity contribution in [2.75, 3.05) is 6.54 Å². The minimum atomic E-state index is 0.487. The van der Waals surface area contributed by atoms with Gasteiger partial charge >= 0.3 is 0 Å². The van der Waals surface area contributed by atoms with Crippen molar-refractivity contribution in [3.63, 3.8) is 0 Å². The summed E-state index contributed by atoms with van der Waals surface area (Å²) in [6.45, 7) is 1.36. The second-order valence-electron chi connectivity index (χ2n) is 6.22. The lowest BCUT2D eigenvalue weighted by molar-refractivity contribution is 0.0461. The fourth-order valence-corrected chi connectivity index (χ4v) is 4.45. The maximum atomic E-state index is 6.14. The quantitative estimate of drug-likeness (QED) is 0.738. The van der Waals surface area contributed by atoms with Crippen LogP contribution in [0.15, 0.2) is 0 Å². The lowest BCUT2D eigenvalue weighted by Crippen LogP contribution is -2.51. The first-order valence-corrected chi connectivity index (χ1v) is 7.36. The molecule has 16 heavy (non-hydrogen) atoms. The van der Waals surface area contributed by atoms with Crippen LogP contribution in [-0.2, 0) is 0 Å². The highest BCUT2D eigenvalue weighted by Crippen LogP contribution is 2.39. The van der Waals surface area contributed by atoms with Crippen LogP contribution in [0.2, 0.25) is 0 Å². The van der Waals surface area contributed by atoms with Crippen LogP contribution >= 0.6 is 0 Å². The van der Waals surface area contributed by atoms with Crippen LogP contribution in [-0.4, -0.2) is 29.6 Å². The number of likely N-dealkylation sites (tertiary alicyclic amines) is 1. The summed E-state index contributed by atoms with van der Waals surface area (Å²) in [7, 11) is 0. The van der Waals surface area contributed by atoms with Gasteiger partial charge in [-0.3, -0.25) is 4.90 Å². The fourth-order valence-electron chi connectivity index (χ4n) is 4.45. The molecular formula is C14H26N2. The Morgan fingerprint density at radius 1 is 0.875 bits per heavy atom. The molecule has 0 aromatic carbocycles. The molecule has 0 aromatic rings. The van der Waals surface area contributed by atoms with Gasteiger partial charge in [-0.2, -0.15) is 0 Å². The third kappa shape index (κ3) is 2.02. The number of hydrogen-bond acceptors (Lipinski definition) is 2. The van der Waals surface area contributed by atoms with Crippen molar-refractivity contribution in [2.24, 2.45) is 11.7 Å². The van der Waals surface area contributed by atoms with E-state index in [1.165, 1.54) is 64.3 Å². The first kappa shape index (κ1) is 11.0. The van der Waals surface area contributed by atoms with Crippen molar-refractivity contribution >= 4 is 0 Å². The molecule has 3 aliphatic rings. The zero-order chi connectivity index (χ0) is 11.0. The van der Waals surface area contributed by atoms with Crippen molar-refractivity contribution in [2.45, 2.75) is 75.9 Å². The molecule has 2 nitrogen and oxygen atoms in total. The third-order valence-electron chi connectivity index (χ3n) is 5.19. The maximum Gasteiger partial charge on any atom is 0.0126 e. The van der Waals surface area contributed by atoms with Gasteiger partial charge in [0.25, 0.3) is 0 Å². The van der Waals surface area contributed by atoms with Gasteiger partial charge in [0, 0.05) is 18.1 Å². The number of rotatable bonds is 1. The summed E-state index contributed by atoms with van der Waals surface area (Å²) in [5.41, 5.74) is 6.14. The highest BCUT2D eigenvalue weighted by molar-refractivity contribution is 4.94. The summed E-state index contributed by atoms with van der Waals surface area (Å²) in [5, 5.41) is 0. The second kappa shape index (κ2) is 4.66. The normalized spacial score (nSPS) is 45.6. The molecule has 2 saturated carbocycles. The predicted molar refractivity (Wildman–Crippen MR) is 67.3 cm³/mol. The molecule has 1 saturated heterocycles. The van der Waals surface area contributed by atoms with Gasteiger partial charge in [0.2, 0.25) is 0 Å². The number of fused-ring (bicyclic) bond motifs is 1. The van der Waals surface area contributed by atoms with Gasteiger partial charge < -0.3 is 5.73 Å². The SMILES string of the molecule is NC1CCCC(N2CCCC3CCCC32)C1. The highest BCUT2D eigenvalue weighted by Gasteiger charge is 2.38. The van der Waals surface area contributed by atoms with Gasteiger partial charge in [0.05, 0.1) is 0 Å². The van der Waals surface area contributed by atoms with Gasteiger partial charge in [0.1, 0.15) is 0 Å². The molecule has 4 atom stereocenters. The molecule has 3 fully saturated rings. The van der Waals surface area contributed by atoms with Crippen molar-refractivity contribution in [1.29, 1.82) is 0 Å². The molecule has 0 amide bonds. The summed E-state index contributed by atoms with van der Waals surface area (Å²) in [4.78, 5) is 2.86. The van der Waals surface area contributed by atoms with Crippen LogP contribution in [0.5, 0.6) is 0 Å². The molecule has 2 N–H and O–H groups in total. The minimum Gasteiger partial charge on any atom is -0.328 e. The summed E-state index contributed by atoms with van der Waals surface area (Å²) in [5.74, 6) is 1.03. The van der Waals surface area contributed by atoms with Gasteiger partial charge in [0.15, 0.2) is 0 Å². The van der Waals surface area contributed by atoms with E-state index in [9.17, 15) is 0 Å². The van der Waals surface area contributed by atoms with Crippen LogP contribution in [0.4, 0.5) is 0 Å². The number of hydrogen-bond donors (Lipinski definition) is 1. The van der Waals surface area contributed by atoms with E-state index in [1.54, 1.807) is 0 Å². The molecule has 3 rings (SSSR count). The second-order valence-corrected chi connectivity index (χ2v) is 6.22. The molecular weight excluding hydrogens is 196 g/mol. The van der Waals surface area contributed by atoms with E-state index in [4.69, 9.17) is 5.73 Å². The first-order valence-electron chi connectivity index (χ1n) is 7.36. The third-order valence-corrected chi connectivity index (χ3v) is 5.19. The van der Waals surface area contributed by atoms with Crippen molar-refractivity contribution < 1.29 is 0 Å². The average molecular weight is 222 g/mol. The molecule has 0 bridgehead atoms. The van der Waals surface area contributed by atoms with E-state index >= 15 is 0 Å². The molecule has 1 heterocycles. The van der Waals surface area contributed by atoms with Crippen LogP contribution in [0.25, 0.3) is 0 Å². The van der Waals surface area contributed by atoms with E-state index in [0.717, 1.165) is 18.0 Å². The van der Waals surface area contributed by atoms with E-state index in [0.29, 0.717) is 6.04 Å². The van der Waals surface area contributed by atoms with Gasteiger partial charge in [-0.05, 0) is 57.4 Å². The summed E-state index contributed by atoms with van der Waals surface area (Å²) < 4.78 is 0. The maximum absolute atomic E-state index is 6.14. The Labute approximate surface area is 99.6 Å². The minimum absolute atomic E-state index is 0.487. The monoisotopic (exact) mass is 222 g/mol. The van der Waals surface area contributed by atoms with Crippen LogP contribution in [0.3, 0.4) is 0 Å². The molecule has 0 spiro atoms. The van der Waals surface area contributed by atoms with E-state index in [1.807, 2.05) is 0 Å². The molecule has 0 aromatic heterocycles. The Hall–Kier alpha value is -0.0800. The van der Waals surface area contributed by atoms with E-state index in [-0.39, 0.29) is 0 Å². The molecule has 2 aliphatic carbocycles. The lowest BCUT2D eigenvalue weighted by atomic mass is 9.85. The van der Waals surface area contributed by atoms with Crippen LogP contribution in [0, 0.1) is 5.92 Å². The molecule has 1 aliphatic heterocycles. The van der Waals surface area contributed by atoms with Gasteiger partial charge in [-0.1, -0.05) is 12.8 Å². The van der Waals surface area contributed by atoms with Gasteiger partial charge in [-0.25, -0.2) is 0 Å².